The number of unbranched alkanes of at least 4 members (excludes halogenated alkanes) is 1. The van der Waals surface area contributed by atoms with E-state index in [-0.39, 0.29) is 18.8 Å². The van der Waals surface area contributed by atoms with Crippen molar-refractivity contribution in [1.82, 2.24) is 32.1 Å². The molecule has 48 heavy (non-hydrogen) atoms. The molecule has 2 aromatic carbocycles. The van der Waals surface area contributed by atoms with Gasteiger partial charge in [-0.05, 0) is 75.8 Å². The number of rotatable bonds is 17. The van der Waals surface area contributed by atoms with E-state index in [9.17, 15) is 28.8 Å². The molecule has 0 spiro atoms. The summed E-state index contributed by atoms with van der Waals surface area (Å²) in [5.41, 5.74) is 12.4. The van der Waals surface area contributed by atoms with Gasteiger partial charge in [0.05, 0.1) is 6.42 Å². The van der Waals surface area contributed by atoms with Gasteiger partial charge in [0.25, 0.3) is 0 Å². The third-order valence-corrected chi connectivity index (χ3v) is 8.17. The second-order valence-electron chi connectivity index (χ2n) is 11.9. The Kier molecular flexibility index (Phi) is 14.1. The van der Waals surface area contributed by atoms with E-state index in [0.29, 0.717) is 19.4 Å². The average molecular weight is 666 g/mol. The first-order valence-electron chi connectivity index (χ1n) is 16.1. The minimum Gasteiger partial charge on any atom is -0.370 e. The van der Waals surface area contributed by atoms with Crippen LogP contribution in [0.2, 0.25) is 0 Å². The number of hydroxylamine groups is 1. The fourth-order valence-corrected chi connectivity index (χ4v) is 5.37. The molecule has 0 bridgehead atoms. The lowest BCUT2D eigenvalue weighted by Gasteiger charge is -2.23. The molecule has 5 amide bonds. The van der Waals surface area contributed by atoms with Gasteiger partial charge in [0, 0.05) is 13.0 Å². The number of nitrogens with two attached hydrogens (primary N) is 1. The van der Waals surface area contributed by atoms with Crippen molar-refractivity contribution in [3.63, 3.8) is 0 Å². The van der Waals surface area contributed by atoms with E-state index in [1.807, 2.05) is 48.5 Å². The molecule has 1 aliphatic rings. The lowest BCUT2D eigenvalue weighted by molar-refractivity contribution is -0.155. The molecule has 8 N–H and O–H groups in total. The highest BCUT2D eigenvalue weighted by Crippen LogP contribution is 2.46. The van der Waals surface area contributed by atoms with Crippen LogP contribution in [0.1, 0.15) is 70.4 Å². The van der Waals surface area contributed by atoms with E-state index in [0.717, 1.165) is 22.3 Å². The molecule has 0 aliphatic heterocycles. The fraction of sp³-hybridized carbons (Fsp3) is 0.471. The quantitative estimate of drug-likeness (QED) is 0.0926. The molecule has 0 saturated carbocycles. The Bertz CT molecular complexity index is 1440. The third-order valence-electron chi connectivity index (χ3n) is 8.17. The second kappa shape index (κ2) is 17.9. The van der Waals surface area contributed by atoms with E-state index in [1.54, 1.807) is 0 Å². The Morgan fingerprint density at radius 2 is 1.10 bits per heavy atom. The van der Waals surface area contributed by atoms with E-state index < -0.39 is 65.7 Å². The standard InChI is InChI=1S/C34H47N7O7/c1-19(30(43)36-5)37-31(44)20(2)38-32(45)21(3)39-33(46)22(4)40-34(47)28(16-10-11-17-35)41-48-29(42)18-27-25-14-8-6-12-23(25)24-13-7-9-15-26(24)27/h6-9,12-15,19-22,27-28,41H,10-11,16-18,35H2,1-5H3,(H,36,43)(H,37,44)(H,38,45)(H,39,46)(H,40,47)/t19-,20-,21-,22-,28-/m0/s1. The second-order valence-corrected chi connectivity index (χ2v) is 11.9. The Morgan fingerprint density at radius 3 is 1.56 bits per heavy atom. The van der Waals surface area contributed by atoms with Gasteiger partial charge in [-0.1, -0.05) is 48.5 Å². The van der Waals surface area contributed by atoms with Crippen LogP contribution in [-0.2, 0) is 33.6 Å². The van der Waals surface area contributed by atoms with Gasteiger partial charge in [-0.15, -0.1) is 5.48 Å². The third kappa shape index (κ3) is 10.1. The maximum atomic E-state index is 13.2. The van der Waals surface area contributed by atoms with Gasteiger partial charge in [-0.2, -0.15) is 0 Å². The van der Waals surface area contributed by atoms with Crippen LogP contribution in [-0.4, -0.2) is 79.3 Å². The molecule has 0 heterocycles. The van der Waals surface area contributed by atoms with Crippen LogP contribution in [0.3, 0.4) is 0 Å². The monoisotopic (exact) mass is 665 g/mol. The Balaban J connectivity index is 1.53. The molecule has 0 saturated heterocycles. The van der Waals surface area contributed by atoms with E-state index in [1.165, 1.54) is 34.7 Å². The van der Waals surface area contributed by atoms with E-state index >= 15 is 0 Å². The number of nitrogens with one attached hydrogen (secondary N) is 6. The topological polar surface area (TPSA) is 210 Å². The largest absolute Gasteiger partial charge is 0.370 e. The maximum Gasteiger partial charge on any atom is 0.325 e. The lowest BCUT2D eigenvalue weighted by Crippen LogP contribution is -2.57. The van der Waals surface area contributed by atoms with Crippen molar-refractivity contribution in [1.29, 1.82) is 0 Å². The van der Waals surface area contributed by atoms with Crippen LogP contribution < -0.4 is 37.8 Å². The summed E-state index contributed by atoms with van der Waals surface area (Å²) in [6.45, 7) is 6.24. The van der Waals surface area contributed by atoms with Crippen LogP contribution in [0, 0.1) is 0 Å². The smallest absolute Gasteiger partial charge is 0.325 e. The molecule has 0 unspecified atom stereocenters. The Morgan fingerprint density at radius 1 is 0.667 bits per heavy atom. The molecule has 3 rings (SSSR count). The SMILES string of the molecule is CNC(=O)[C@H](C)NC(=O)[C@H](C)NC(=O)[C@H](C)NC(=O)[C@H](C)NC(=O)[C@H](CCCCN)NOC(=O)CC1c2ccccc2-c2ccccc21. The molecule has 1 aliphatic carbocycles. The number of fused-ring (bicyclic) bond motifs is 3. The number of hydrogen-bond donors (Lipinski definition) is 7. The summed E-state index contributed by atoms with van der Waals surface area (Å²) < 4.78 is 0. The predicted octanol–water partition coefficient (Wildman–Crippen LogP) is 0.499. The molecule has 14 nitrogen and oxygen atoms in total. The summed E-state index contributed by atoms with van der Waals surface area (Å²) in [5.74, 6) is -3.57. The Hall–Kier alpha value is -4.82. The van der Waals surface area contributed by atoms with Crippen molar-refractivity contribution in [2.24, 2.45) is 5.73 Å². The summed E-state index contributed by atoms with van der Waals surface area (Å²) in [6.07, 6.45) is 1.55. The van der Waals surface area contributed by atoms with Gasteiger partial charge in [0.1, 0.15) is 30.2 Å². The molecule has 14 heteroatoms. The zero-order chi connectivity index (χ0) is 35.4. The van der Waals surface area contributed by atoms with Crippen LogP contribution in [0.15, 0.2) is 48.5 Å². The van der Waals surface area contributed by atoms with Gasteiger partial charge in [0.2, 0.25) is 29.5 Å². The lowest BCUT2D eigenvalue weighted by atomic mass is 9.94. The van der Waals surface area contributed by atoms with E-state index in [4.69, 9.17) is 10.6 Å². The number of carbonyl (C=O) groups is 6. The molecular formula is C34H47N7O7. The highest BCUT2D eigenvalue weighted by atomic mass is 16.7. The van der Waals surface area contributed by atoms with Crippen LogP contribution in [0.4, 0.5) is 0 Å². The summed E-state index contributed by atoms with van der Waals surface area (Å²) in [7, 11) is 1.44. The zero-order valence-electron chi connectivity index (χ0n) is 28.1. The zero-order valence-corrected chi connectivity index (χ0v) is 28.1. The number of benzene rings is 2. The summed E-state index contributed by atoms with van der Waals surface area (Å²) in [6, 6.07) is 11.0. The van der Waals surface area contributed by atoms with Gasteiger partial charge in [-0.3, -0.25) is 28.8 Å². The maximum absolute atomic E-state index is 13.2. The first-order valence-corrected chi connectivity index (χ1v) is 16.1. The molecule has 260 valence electrons. The van der Waals surface area contributed by atoms with E-state index in [2.05, 4.69) is 32.1 Å². The number of carbonyl (C=O) groups excluding carboxylic acids is 6. The molecule has 0 radical (unpaired) electrons. The summed E-state index contributed by atoms with van der Waals surface area (Å²) in [5, 5.41) is 12.5. The highest BCUT2D eigenvalue weighted by Gasteiger charge is 2.31. The number of amides is 5. The first-order chi connectivity index (χ1) is 22.9. The van der Waals surface area contributed by atoms with Gasteiger partial charge in [-0.25, -0.2) is 0 Å². The predicted molar refractivity (Wildman–Crippen MR) is 179 cm³/mol. The first kappa shape index (κ1) is 37.6. The normalized spacial score (nSPS) is 15.0. The molecule has 0 aromatic heterocycles. The van der Waals surface area contributed by atoms with Gasteiger partial charge in [0.15, 0.2) is 0 Å². The van der Waals surface area contributed by atoms with Crippen molar-refractivity contribution in [3.8, 4) is 11.1 Å². The number of likely N-dealkylation sites (N-methyl/N-ethyl adjacent to an activating group) is 1. The van der Waals surface area contributed by atoms with Crippen LogP contribution in [0.25, 0.3) is 11.1 Å². The average Bonchev–Trinajstić information content (AvgIpc) is 3.38. The van der Waals surface area contributed by atoms with Crippen molar-refractivity contribution in [2.45, 2.75) is 89.5 Å². The number of hydrogen-bond acceptors (Lipinski definition) is 9. The van der Waals surface area contributed by atoms with Crippen molar-refractivity contribution < 1.29 is 33.6 Å². The van der Waals surface area contributed by atoms with Gasteiger partial charge >= 0.3 is 5.97 Å². The van der Waals surface area contributed by atoms with Crippen molar-refractivity contribution in [2.75, 3.05) is 13.6 Å². The molecule has 0 fully saturated rings. The minimum absolute atomic E-state index is 0.0598. The van der Waals surface area contributed by atoms with Gasteiger partial charge < -0.3 is 37.2 Å². The summed E-state index contributed by atoms with van der Waals surface area (Å²) in [4.78, 5) is 81.1. The molecular weight excluding hydrogens is 618 g/mol. The van der Waals surface area contributed by atoms with Crippen molar-refractivity contribution >= 4 is 35.5 Å². The minimum atomic E-state index is -1.05. The molecule has 5 atom stereocenters. The highest BCUT2D eigenvalue weighted by molar-refractivity contribution is 5.95. The van der Waals surface area contributed by atoms with Crippen LogP contribution >= 0.6 is 0 Å². The Labute approximate surface area is 280 Å². The fourth-order valence-electron chi connectivity index (χ4n) is 5.37. The van der Waals surface area contributed by atoms with Crippen molar-refractivity contribution in [3.05, 3.63) is 59.7 Å². The summed E-state index contributed by atoms with van der Waals surface area (Å²) >= 11 is 0. The molecule has 2 aromatic rings. The van der Waals surface area contributed by atoms with Crippen LogP contribution in [0.5, 0.6) is 0 Å².